The Kier molecular flexibility index (Phi) is 3.69. The molecule has 2 fully saturated rings. The Bertz CT molecular complexity index is 497. The highest BCUT2D eigenvalue weighted by molar-refractivity contribution is 5.98. The van der Waals surface area contributed by atoms with E-state index < -0.39 is 0 Å². The molecular weight excluding hydrogens is 256 g/mol. The van der Waals surface area contributed by atoms with Gasteiger partial charge in [-0.25, -0.2) is 0 Å². The highest BCUT2D eigenvalue weighted by Crippen LogP contribution is 2.22. The van der Waals surface area contributed by atoms with E-state index in [-0.39, 0.29) is 17.9 Å². The van der Waals surface area contributed by atoms with Crippen LogP contribution in [0, 0.1) is 0 Å². The Morgan fingerprint density at radius 3 is 2.35 bits per heavy atom. The average molecular weight is 274 g/mol. The van der Waals surface area contributed by atoms with Crippen LogP contribution in [0.4, 0.5) is 0 Å². The van der Waals surface area contributed by atoms with Gasteiger partial charge in [-0.3, -0.25) is 9.59 Å². The Morgan fingerprint density at radius 2 is 1.75 bits per heavy atom. The normalized spacial score (nSPS) is 22.3. The molecule has 1 atom stereocenters. The van der Waals surface area contributed by atoms with Crippen molar-refractivity contribution in [1.82, 2.24) is 9.80 Å². The van der Waals surface area contributed by atoms with Gasteiger partial charge >= 0.3 is 0 Å². The minimum absolute atomic E-state index is 0.0524. The van der Waals surface area contributed by atoms with E-state index in [0.717, 1.165) is 6.42 Å². The fraction of sp³-hybridized carbons (Fsp3) is 0.467. The summed E-state index contributed by atoms with van der Waals surface area (Å²) < 4.78 is 5.25. The molecule has 2 amide bonds. The van der Waals surface area contributed by atoms with Crippen LogP contribution in [0.15, 0.2) is 30.3 Å². The molecule has 2 saturated heterocycles. The maximum absolute atomic E-state index is 12.4. The maximum atomic E-state index is 12.4. The van der Waals surface area contributed by atoms with E-state index in [2.05, 4.69) is 0 Å². The van der Waals surface area contributed by atoms with Gasteiger partial charge in [0.1, 0.15) is 6.04 Å². The van der Waals surface area contributed by atoms with Crippen LogP contribution in [-0.2, 0) is 9.53 Å². The number of amides is 2. The standard InChI is InChI=1S/C15H18N2O3/c18-14(12-4-2-1-3-5-12)17-7-6-13(17)15(19)16-8-10-20-11-9-16/h1-5,13H,6-11H2. The van der Waals surface area contributed by atoms with Crippen molar-refractivity contribution in [2.75, 3.05) is 32.8 Å². The van der Waals surface area contributed by atoms with Crippen LogP contribution < -0.4 is 0 Å². The van der Waals surface area contributed by atoms with Crippen molar-refractivity contribution in [3.05, 3.63) is 35.9 Å². The van der Waals surface area contributed by atoms with Crippen LogP contribution in [0.5, 0.6) is 0 Å². The molecule has 0 radical (unpaired) electrons. The lowest BCUT2D eigenvalue weighted by Gasteiger charge is -2.42. The van der Waals surface area contributed by atoms with Gasteiger partial charge in [-0.2, -0.15) is 0 Å². The quantitative estimate of drug-likeness (QED) is 0.800. The lowest BCUT2D eigenvalue weighted by atomic mass is 9.99. The molecule has 0 spiro atoms. The third-order valence-electron chi connectivity index (χ3n) is 3.91. The zero-order valence-corrected chi connectivity index (χ0v) is 11.3. The minimum Gasteiger partial charge on any atom is -0.378 e. The SMILES string of the molecule is O=C(C1CCN1C(=O)c1ccccc1)N1CCOCC1. The summed E-state index contributed by atoms with van der Waals surface area (Å²) in [5, 5.41) is 0. The Morgan fingerprint density at radius 1 is 1.05 bits per heavy atom. The summed E-state index contributed by atoms with van der Waals surface area (Å²) in [6, 6.07) is 8.84. The molecule has 0 N–H and O–H groups in total. The number of benzene rings is 1. The zero-order chi connectivity index (χ0) is 13.9. The number of morpholine rings is 1. The molecule has 2 aliphatic rings. The van der Waals surface area contributed by atoms with Gasteiger partial charge in [0.15, 0.2) is 0 Å². The molecule has 3 rings (SSSR count). The van der Waals surface area contributed by atoms with Crippen LogP contribution in [0.3, 0.4) is 0 Å². The van der Waals surface area contributed by atoms with Crippen molar-refractivity contribution in [3.8, 4) is 0 Å². The number of ether oxygens (including phenoxy) is 1. The van der Waals surface area contributed by atoms with E-state index in [4.69, 9.17) is 4.74 Å². The van der Waals surface area contributed by atoms with Crippen molar-refractivity contribution in [2.45, 2.75) is 12.5 Å². The molecule has 0 bridgehead atoms. The first kappa shape index (κ1) is 13.1. The molecule has 1 unspecified atom stereocenters. The summed E-state index contributed by atoms with van der Waals surface area (Å²) in [6.45, 7) is 3.09. The molecule has 0 aromatic heterocycles. The fourth-order valence-electron chi connectivity index (χ4n) is 2.63. The fourth-order valence-corrected chi connectivity index (χ4v) is 2.63. The number of carbonyl (C=O) groups is 2. The van der Waals surface area contributed by atoms with Gasteiger partial charge in [-0.15, -0.1) is 0 Å². The summed E-state index contributed by atoms with van der Waals surface area (Å²) in [4.78, 5) is 28.2. The molecular formula is C15H18N2O3. The molecule has 5 nitrogen and oxygen atoms in total. The predicted octanol–water partition coefficient (Wildman–Crippen LogP) is 0.760. The number of rotatable bonds is 2. The monoisotopic (exact) mass is 274 g/mol. The lowest BCUT2D eigenvalue weighted by Crippen LogP contribution is -2.60. The largest absolute Gasteiger partial charge is 0.378 e. The van der Waals surface area contributed by atoms with Crippen molar-refractivity contribution >= 4 is 11.8 Å². The second kappa shape index (κ2) is 5.63. The van der Waals surface area contributed by atoms with Crippen LogP contribution in [0.1, 0.15) is 16.8 Å². The second-order valence-electron chi connectivity index (χ2n) is 5.11. The summed E-state index contributed by atoms with van der Waals surface area (Å²) in [5.74, 6) is 0.00675. The smallest absolute Gasteiger partial charge is 0.254 e. The maximum Gasteiger partial charge on any atom is 0.254 e. The number of hydrogen-bond acceptors (Lipinski definition) is 3. The highest BCUT2D eigenvalue weighted by atomic mass is 16.5. The Labute approximate surface area is 118 Å². The van der Waals surface area contributed by atoms with Gasteiger partial charge in [0.2, 0.25) is 5.91 Å². The minimum atomic E-state index is -0.291. The molecule has 1 aromatic rings. The van der Waals surface area contributed by atoms with E-state index in [0.29, 0.717) is 38.4 Å². The molecule has 20 heavy (non-hydrogen) atoms. The van der Waals surface area contributed by atoms with E-state index >= 15 is 0 Å². The van der Waals surface area contributed by atoms with E-state index in [9.17, 15) is 9.59 Å². The number of carbonyl (C=O) groups excluding carboxylic acids is 2. The van der Waals surface area contributed by atoms with Gasteiger partial charge in [0, 0.05) is 25.2 Å². The van der Waals surface area contributed by atoms with Crippen molar-refractivity contribution in [2.24, 2.45) is 0 Å². The number of hydrogen-bond donors (Lipinski definition) is 0. The summed E-state index contributed by atoms with van der Waals surface area (Å²) in [7, 11) is 0. The van der Waals surface area contributed by atoms with Crippen LogP contribution in [-0.4, -0.2) is 60.5 Å². The van der Waals surface area contributed by atoms with Gasteiger partial charge in [-0.1, -0.05) is 18.2 Å². The average Bonchev–Trinajstić information content (AvgIpc) is 2.48. The van der Waals surface area contributed by atoms with Gasteiger partial charge < -0.3 is 14.5 Å². The first-order valence-corrected chi connectivity index (χ1v) is 7.00. The van der Waals surface area contributed by atoms with Crippen LogP contribution in [0.2, 0.25) is 0 Å². The van der Waals surface area contributed by atoms with Crippen molar-refractivity contribution < 1.29 is 14.3 Å². The molecule has 1 aromatic carbocycles. The predicted molar refractivity (Wildman–Crippen MR) is 73.3 cm³/mol. The van der Waals surface area contributed by atoms with Crippen molar-refractivity contribution in [3.63, 3.8) is 0 Å². The molecule has 2 aliphatic heterocycles. The van der Waals surface area contributed by atoms with E-state index in [1.165, 1.54) is 0 Å². The van der Waals surface area contributed by atoms with Crippen LogP contribution >= 0.6 is 0 Å². The summed E-state index contributed by atoms with van der Waals surface area (Å²) in [6.07, 6.45) is 0.759. The van der Waals surface area contributed by atoms with E-state index in [1.807, 2.05) is 18.2 Å². The second-order valence-corrected chi connectivity index (χ2v) is 5.11. The highest BCUT2D eigenvalue weighted by Gasteiger charge is 2.40. The molecule has 0 saturated carbocycles. The van der Waals surface area contributed by atoms with Crippen molar-refractivity contribution in [1.29, 1.82) is 0 Å². The molecule has 106 valence electrons. The number of nitrogens with zero attached hydrogens (tertiary/aromatic N) is 2. The van der Waals surface area contributed by atoms with E-state index in [1.54, 1.807) is 21.9 Å². The molecule has 2 heterocycles. The number of likely N-dealkylation sites (tertiary alicyclic amines) is 1. The van der Waals surface area contributed by atoms with Gasteiger partial charge in [-0.05, 0) is 18.6 Å². The first-order valence-electron chi connectivity index (χ1n) is 7.00. The molecule has 0 aliphatic carbocycles. The topological polar surface area (TPSA) is 49.9 Å². The third-order valence-corrected chi connectivity index (χ3v) is 3.91. The third kappa shape index (κ3) is 2.41. The van der Waals surface area contributed by atoms with Gasteiger partial charge in [0.25, 0.3) is 5.91 Å². The molecule has 5 heteroatoms. The first-order chi connectivity index (χ1) is 9.77. The van der Waals surface area contributed by atoms with Gasteiger partial charge in [0.05, 0.1) is 13.2 Å². The lowest BCUT2D eigenvalue weighted by molar-refractivity contribution is -0.143. The summed E-state index contributed by atoms with van der Waals surface area (Å²) >= 11 is 0. The Balaban J connectivity index is 1.67. The van der Waals surface area contributed by atoms with Crippen LogP contribution in [0.25, 0.3) is 0 Å². The summed E-state index contributed by atoms with van der Waals surface area (Å²) in [5.41, 5.74) is 0.645. The zero-order valence-electron chi connectivity index (χ0n) is 11.3. The Hall–Kier alpha value is -1.88.